The summed E-state index contributed by atoms with van der Waals surface area (Å²) in [4.78, 5) is 22.0. The number of fused-ring (bicyclic) bond motifs is 1. The molecule has 1 amide bonds. The second-order valence-electron chi connectivity index (χ2n) is 5.82. The van der Waals surface area contributed by atoms with Crippen LogP contribution in [0.4, 0.5) is 5.82 Å². The Morgan fingerprint density at radius 1 is 1.24 bits per heavy atom. The van der Waals surface area contributed by atoms with Gasteiger partial charge in [-0.3, -0.25) is 9.20 Å². The SMILES string of the molecule is Cc1ccnc(NC(=O)Cc2csc3nc(-c4ccccc4)cn23)c1. The molecule has 5 nitrogen and oxygen atoms in total. The third kappa shape index (κ3) is 3.29. The number of aromatic nitrogens is 3. The molecule has 0 aliphatic heterocycles. The standard InChI is InChI=1S/C19H16N4OS/c1-13-7-8-20-17(9-13)22-18(24)10-15-12-25-19-21-16(11-23(15)19)14-5-3-2-4-6-14/h2-9,11-12H,10H2,1H3,(H,20,22,24). The molecule has 0 radical (unpaired) electrons. The second-order valence-corrected chi connectivity index (χ2v) is 6.65. The summed E-state index contributed by atoms with van der Waals surface area (Å²) in [6.07, 6.45) is 3.95. The zero-order valence-electron chi connectivity index (χ0n) is 13.6. The molecule has 1 aromatic carbocycles. The third-order valence-corrected chi connectivity index (χ3v) is 4.77. The molecule has 3 heterocycles. The van der Waals surface area contributed by atoms with Gasteiger partial charge in [-0.25, -0.2) is 9.97 Å². The number of carbonyl (C=O) groups excluding carboxylic acids is 1. The van der Waals surface area contributed by atoms with E-state index < -0.39 is 0 Å². The number of aryl methyl sites for hydroxylation is 1. The van der Waals surface area contributed by atoms with Crippen molar-refractivity contribution < 1.29 is 4.79 Å². The minimum Gasteiger partial charge on any atom is -0.310 e. The van der Waals surface area contributed by atoms with Gasteiger partial charge in [0.05, 0.1) is 12.1 Å². The van der Waals surface area contributed by atoms with Gasteiger partial charge in [0.2, 0.25) is 5.91 Å². The molecule has 0 saturated carbocycles. The molecule has 4 rings (SSSR count). The predicted octanol–water partition coefficient (Wildman–Crippen LogP) is 3.95. The summed E-state index contributed by atoms with van der Waals surface area (Å²) >= 11 is 1.54. The molecule has 1 N–H and O–H groups in total. The minimum atomic E-state index is -0.0900. The molecule has 0 fully saturated rings. The van der Waals surface area contributed by atoms with Crippen LogP contribution in [-0.4, -0.2) is 20.3 Å². The molecule has 0 aliphatic carbocycles. The molecular weight excluding hydrogens is 332 g/mol. The van der Waals surface area contributed by atoms with Crippen LogP contribution in [0.1, 0.15) is 11.3 Å². The molecule has 0 aliphatic rings. The molecule has 0 spiro atoms. The summed E-state index contributed by atoms with van der Waals surface area (Å²) in [5.74, 6) is 0.486. The Hall–Kier alpha value is -2.99. The maximum absolute atomic E-state index is 12.3. The van der Waals surface area contributed by atoms with Gasteiger partial charge in [0, 0.05) is 29.0 Å². The number of hydrogen-bond acceptors (Lipinski definition) is 4. The molecule has 0 saturated heterocycles. The van der Waals surface area contributed by atoms with E-state index in [2.05, 4.69) is 15.3 Å². The van der Waals surface area contributed by atoms with Crippen molar-refractivity contribution in [3.05, 3.63) is 71.5 Å². The van der Waals surface area contributed by atoms with Crippen molar-refractivity contribution in [1.29, 1.82) is 0 Å². The Bertz CT molecular complexity index is 1040. The van der Waals surface area contributed by atoms with Crippen molar-refractivity contribution in [1.82, 2.24) is 14.4 Å². The van der Waals surface area contributed by atoms with E-state index in [1.54, 1.807) is 6.20 Å². The van der Waals surface area contributed by atoms with Gasteiger partial charge in [0.1, 0.15) is 5.82 Å². The van der Waals surface area contributed by atoms with Crippen LogP contribution in [-0.2, 0) is 11.2 Å². The lowest BCUT2D eigenvalue weighted by Gasteiger charge is -2.04. The van der Waals surface area contributed by atoms with E-state index in [0.717, 1.165) is 27.5 Å². The Morgan fingerprint density at radius 2 is 2.08 bits per heavy atom. The highest BCUT2D eigenvalue weighted by atomic mass is 32.1. The molecule has 0 bridgehead atoms. The number of nitrogens with one attached hydrogen (secondary N) is 1. The summed E-state index contributed by atoms with van der Waals surface area (Å²) in [5, 5.41) is 4.82. The molecule has 3 aromatic heterocycles. The van der Waals surface area contributed by atoms with E-state index in [1.165, 1.54) is 11.3 Å². The maximum Gasteiger partial charge on any atom is 0.231 e. The first-order valence-corrected chi connectivity index (χ1v) is 8.80. The summed E-state index contributed by atoms with van der Waals surface area (Å²) in [6.45, 7) is 1.97. The molecule has 6 heteroatoms. The van der Waals surface area contributed by atoms with E-state index in [1.807, 2.05) is 65.4 Å². The zero-order valence-corrected chi connectivity index (χ0v) is 14.5. The monoisotopic (exact) mass is 348 g/mol. The number of pyridine rings is 1. The molecular formula is C19H16N4OS. The molecule has 0 atom stereocenters. The average molecular weight is 348 g/mol. The first-order valence-electron chi connectivity index (χ1n) is 7.92. The lowest BCUT2D eigenvalue weighted by Crippen LogP contribution is -2.16. The molecule has 4 aromatic rings. The average Bonchev–Trinajstić information content (AvgIpc) is 3.18. The Labute approximate surface area is 149 Å². The van der Waals surface area contributed by atoms with Crippen LogP contribution < -0.4 is 5.32 Å². The smallest absolute Gasteiger partial charge is 0.231 e. The number of anilines is 1. The van der Waals surface area contributed by atoms with Crippen LogP contribution in [0, 0.1) is 6.92 Å². The summed E-state index contributed by atoms with van der Waals surface area (Å²) in [7, 11) is 0. The molecule has 25 heavy (non-hydrogen) atoms. The van der Waals surface area contributed by atoms with Crippen LogP contribution in [0.3, 0.4) is 0 Å². The van der Waals surface area contributed by atoms with Gasteiger partial charge in [-0.05, 0) is 24.6 Å². The summed E-state index contributed by atoms with van der Waals surface area (Å²) in [6, 6.07) is 13.8. The highest BCUT2D eigenvalue weighted by Gasteiger charge is 2.13. The van der Waals surface area contributed by atoms with Crippen molar-refractivity contribution in [2.75, 3.05) is 5.32 Å². The topological polar surface area (TPSA) is 59.3 Å². The summed E-state index contributed by atoms with van der Waals surface area (Å²) < 4.78 is 1.98. The lowest BCUT2D eigenvalue weighted by molar-refractivity contribution is -0.115. The lowest BCUT2D eigenvalue weighted by atomic mass is 10.2. The minimum absolute atomic E-state index is 0.0900. The van der Waals surface area contributed by atoms with Crippen molar-refractivity contribution >= 4 is 28.0 Å². The Morgan fingerprint density at radius 3 is 2.88 bits per heavy atom. The van der Waals surface area contributed by atoms with Crippen molar-refractivity contribution in [2.24, 2.45) is 0 Å². The predicted molar refractivity (Wildman–Crippen MR) is 99.8 cm³/mol. The van der Waals surface area contributed by atoms with Crippen LogP contribution >= 0.6 is 11.3 Å². The van der Waals surface area contributed by atoms with Crippen molar-refractivity contribution in [3.63, 3.8) is 0 Å². The van der Waals surface area contributed by atoms with Crippen molar-refractivity contribution in [2.45, 2.75) is 13.3 Å². The van der Waals surface area contributed by atoms with E-state index >= 15 is 0 Å². The van der Waals surface area contributed by atoms with E-state index in [-0.39, 0.29) is 12.3 Å². The fourth-order valence-corrected chi connectivity index (χ4v) is 3.53. The van der Waals surface area contributed by atoms with Gasteiger partial charge in [-0.1, -0.05) is 30.3 Å². The highest BCUT2D eigenvalue weighted by molar-refractivity contribution is 7.15. The van der Waals surface area contributed by atoms with Gasteiger partial charge in [-0.2, -0.15) is 0 Å². The molecule has 0 unspecified atom stereocenters. The molecule has 124 valence electrons. The number of carbonyl (C=O) groups is 1. The van der Waals surface area contributed by atoms with E-state index in [9.17, 15) is 4.79 Å². The summed E-state index contributed by atoms with van der Waals surface area (Å²) in [5.41, 5.74) is 3.96. The first kappa shape index (κ1) is 15.5. The number of hydrogen-bond donors (Lipinski definition) is 1. The normalized spacial score (nSPS) is 10.9. The van der Waals surface area contributed by atoms with Gasteiger partial charge < -0.3 is 5.32 Å². The van der Waals surface area contributed by atoms with Crippen LogP contribution in [0.15, 0.2) is 60.2 Å². The third-order valence-electron chi connectivity index (χ3n) is 3.88. The fraction of sp³-hybridized carbons (Fsp3) is 0.105. The first-order chi connectivity index (χ1) is 12.2. The van der Waals surface area contributed by atoms with E-state index in [0.29, 0.717) is 5.82 Å². The largest absolute Gasteiger partial charge is 0.310 e. The van der Waals surface area contributed by atoms with Crippen LogP contribution in [0.25, 0.3) is 16.2 Å². The van der Waals surface area contributed by atoms with E-state index in [4.69, 9.17) is 0 Å². The Kier molecular flexibility index (Phi) is 4.03. The van der Waals surface area contributed by atoms with Gasteiger partial charge in [-0.15, -0.1) is 11.3 Å². The van der Waals surface area contributed by atoms with Crippen LogP contribution in [0.2, 0.25) is 0 Å². The number of amides is 1. The number of imidazole rings is 1. The highest BCUT2D eigenvalue weighted by Crippen LogP contribution is 2.23. The number of benzene rings is 1. The number of thiazole rings is 1. The number of rotatable bonds is 4. The maximum atomic E-state index is 12.3. The zero-order chi connectivity index (χ0) is 17.2. The quantitative estimate of drug-likeness (QED) is 0.607. The number of nitrogens with zero attached hydrogens (tertiary/aromatic N) is 3. The fourth-order valence-electron chi connectivity index (χ4n) is 2.66. The van der Waals surface area contributed by atoms with Gasteiger partial charge >= 0.3 is 0 Å². The van der Waals surface area contributed by atoms with Gasteiger partial charge in [0.15, 0.2) is 4.96 Å². The van der Waals surface area contributed by atoms with Crippen LogP contribution in [0.5, 0.6) is 0 Å². The second kappa shape index (κ2) is 6.49. The van der Waals surface area contributed by atoms with Gasteiger partial charge in [0.25, 0.3) is 0 Å². The Balaban J connectivity index is 1.55. The van der Waals surface area contributed by atoms with Crippen molar-refractivity contribution in [3.8, 4) is 11.3 Å².